The first-order valence-corrected chi connectivity index (χ1v) is 14.0. The van der Waals surface area contributed by atoms with E-state index in [1.165, 1.54) is 0 Å². The van der Waals surface area contributed by atoms with E-state index < -0.39 is 116 Å². The van der Waals surface area contributed by atoms with Crippen LogP contribution in [-0.4, -0.2) is 170 Å². The van der Waals surface area contributed by atoms with E-state index in [4.69, 9.17) is 36.1 Å². The Balaban J connectivity index is 1.89. The third kappa shape index (κ3) is 8.14. The summed E-state index contributed by atoms with van der Waals surface area (Å²) in [4.78, 5) is 24.4. The predicted octanol–water partition coefficient (Wildman–Crippen LogP) is -8.25. The molecule has 0 aromatic carbocycles. The van der Waals surface area contributed by atoms with Crippen molar-refractivity contribution in [3.63, 3.8) is 0 Å². The second kappa shape index (κ2) is 15.6. The predicted molar refractivity (Wildman–Crippen MR) is 141 cm³/mol. The highest BCUT2D eigenvalue weighted by molar-refractivity contribution is 5.80. The molecule has 0 spiro atoms. The number of hydrogen-bond acceptors (Lipinski definition) is 17. The fourth-order valence-electron chi connectivity index (χ4n) is 5.44. The molecule has 0 aromatic rings. The molecule has 0 aromatic heterocycles. The van der Waals surface area contributed by atoms with Gasteiger partial charge in [0.15, 0.2) is 12.6 Å². The Hall–Kier alpha value is -1.66. The lowest BCUT2D eigenvalue weighted by atomic mass is 9.83. The van der Waals surface area contributed by atoms with Crippen molar-refractivity contribution in [3.05, 3.63) is 0 Å². The molecule has 19 heteroatoms. The topological polar surface area (TPSA) is 335 Å². The summed E-state index contributed by atoms with van der Waals surface area (Å²) >= 11 is 0. The Kier molecular flexibility index (Phi) is 13.0. The standard InChI is InChI=1S/C24H45N5O14/c1-7(31)28-13-14(33)12(6-30)41-23(16(13)35)43-21-9(29-22(39)10(32)2-3-25)4-8(27)20(19(21)38)42-24-18(37)17(36)15(34)11(5-26)40-24/h8-21,23-24,30,32-38H,2-6,25-27H2,1H3,(H,28,31)(H,29,39)/t8-,9+,10-,11+,12+,13-,14+,15+,16+,17-,18+,19-,20+,21-,23+,24+/m0/s1. The molecule has 1 saturated carbocycles. The van der Waals surface area contributed by atoms with E-state index in [0.29, 0.717) is 0 Å². The van der Waals surface area contributed by atoms with Gasteiger partial charge in [-0.2, -0.15) is 0 Å². The van der Waals surface area contributed by atoms with Crippen LogP contribution in [0.25, 0.3) is 0 Å². The zero-order valence-electron chi connectivity index (χ0n) is 23.5. The summed E-state index contributed by atoms with van der Waals surface area (Å²) in [5.41, 5.74) is 17.3. The molecule has 1 aliphatic carbocycles. The van der Waals surface area contributed by atoms with Crippen LogP contribution in [0.5, 0.6) is 0 Å². The monoisotopic (exact) mass is 627 g/mol. The molecule has 2 heterocycles. The van der Waals surface area contributed by atoms with Gasteiger partial charge in [0.05, 0.1) is 18.7 Å². The first kappa shape index (κ1) is 35.8. The van der Waals surface area contributed by atoms with Gasteiger partial charge in [0.25, 0.3) is 0 Å². The summed E-state index contributed by atoms with van der Waals surface area (Å²) < 4.78 is 22.7. The van der Waals surface area contributed by atoms with Gasteiger partial charge in [-0.25, -0.2) is 0 Å². The number of hydrogen-bond donors (Lipinski definition) is 13. The Morgan fingerprint density at radius 1 is 0.860 bits per heavy atom. The average Bonchev–Trinajstić information content (AvgIpc) is 2.96. The molecule has 19 nitrogen and oxygen atoms in total. The number of carbonyl (C=O) groups excluding carboxylic acids is 2. The van der Waals surface area contributed by atoms with Crippen LogP contribution < -0.4 is 27.8 Å². The molecule has 3 fully saturated rings. The lowest BCUT2D eigenvalue weighted by molar-refractivity contribution is -0.333. The molecule has 43 heavy (non-hydrogen) atoms. The highest BCUT2D eigenvalue weighted by Crippen LogP contribution is 2.32. The summed E-state index contributed by atoms with van der Waals surface area (Å²) in [5.74, 6) is -1.49. The van der Waals surface area contributed by atoms with Crippen molar-refractivity contribution in [1.82, 2.24) is 10.6 Å². The van der Waals surface area contributed by atoms with E-state index in [1.807, 2.05) is 0 Å². The van der Waals surface area contributed by atoms with Crippen LogP contribution in [-0.2, 0) is 28.5 Å². The van der Waals surface area contributed by atoms with Crippen molar-refractivity contribution in [2.45, 2.75) is 118 Å². The SMILES string of the molecule is CC(=O)N[C@@H]1[C@@H](O)[C@@H](O[C@@H]2[C@@H](O)[C@H](O[C@H]3O[C@H](CN)[C@@H](O)[C@H](O)[C@H]3O)[C@@H](N)C[C@H]2NC(=O)[C@@H](O)CCN)O[C@H](CO)[C@H]1O. The number of aliphatic hydroxyl groups is 8. The van der Waals surface area contributed by atoms with Crippen LogP contribution in [0.1, 0.15) is 19.8 Å². The first-order chi connectivity index (χ1) is 20.2. The lowest BCUT2D eigenvalue weighted by Gasteiger charge is -2.49. The highest BCUT2D eigenvalue weighted by Gasteiger charge is 2.53. The molecule has 250 valence electrons. The molecule has 3 rings (SSSR count). The second-order valence-corrected chi connectivity index (χ2v) is 11.0. The normalized spacial score (nSPS) is 44.4. The van der Waals surface area contributed by atoms with Gasteiger partial charge < -0.3 is 87.6 Å². The maximum atomic E-state index is 12.7. The fraction of sp³-hybridized carbons (Fsp3) is 0.917. The van der Waals surface area contributed by atoms with Crippen molar-refractivity contribution in [1.29, 1.82) is 0 Å². The van der Waals surface area contributed by atoms with Crippen molar-refractivity contribution >= 4 is 11.8 Å². The highest BCUT2D eigenvalue weighted by atomic mass is 16.7. The largest absolute Gasteiger partial charge is 0.394 e. The minimum atomic E-state index is -1.78. The lowest BCUT2D eigenvalue weighted by Crippen LogP contribution is -2.70. The minimum Gasteiger partial charge on any atom is -0.394 e. The molecular weight excluding hydrogens is 582 g/mol. The maximum absolute atomic E-state index is 12.7. The van der Waals surface area contributed by atoms with E-state index in [-0.39, 0.29) is 25.9 Å². The Bertz CT molecular complexity index is 922. The summed E-state index contributed by atoms with van der Waals surface area (Å²) in [7, 11) is 0. The van der Waals surface area contributed by atoms with Crippen LogP contribution in [0, 0.1) is 0 Å². The van der Waals surface area contributed by atoms with E-state index in [9.17, 15) is 50.4 Å². The summed E-state index contributed by atoms with van der Waals surface area (Å²) in [6.07, 6.45) is -20.6. The van der Waals surface area contributed by atoms with Crippen LogP contribution in [0.4, 0.5) is 0 Å². The van der Waals surface area contributed by atoms with Gasteiger partial charge in [0.1, 0.15) is 67.1 Å². The molecule has 2 amide bonds. The molecule has 2 saturated heterocycles. The summed E-state index contributed by atoms with van der Waals surface area (Å²) in [6.45, 7) is 0.132. The molecule has 16 atom stereocenters. The maximum Gasteiger partial charge on any atom is 0.249 e. The number of nitrogens with two attached hydrogens (primary N) is 3. The third-order valence-electron chi connectivity index (χ3n) is 7.83. The van der Waals surface area contributed by atoms with Crippen molar-refractivity contribution in [2.75, 3.05) is 19.7 Å². The van der Waals surface area contributed by atoms with E-state index in [0.717, 1.165) is 6.92 Å². The zero-order chi connectivity index (χ0) is 32.2. The quantitative estimate of drug-likeness (QED) is 0.101. The zero-order valence-corrected chi connectivity index (χ0v) is 23.5. The van der Waals surface area contributed by atoms with Crippen molar-refractivity contribution in [2.24, 2.45) is 17.2 Å². The van der Waals surface area contributed by atoms with Crippen LogP contribution >= 0.6 is 0 Å². The van der Waals surface area contributed by atoms with Gasteiger partial charge in [-0.3, -0.25) is 9.59 Å². The van der Waals surface area contributed by atoms with Crippen molar-refractivity contribution in [3.8, 4) is 0 Å². The average molecular weight is 628 g/mol. The molecule has 16 N–H and O–H groups in total. The van der Waals surface area contributed by atoms with Gasteiger partial charge in [0, 0.05) is 19.5 Å². The molecule has 0 radical (unpaired) electrons. The van der Waals surface area contributed by atoms with E-state index in [1.54, 1.807) is 0 Å². The Morgan fingerprint density at radius 2 is 1.47 bits per heavy atom. The minimum absolute atomic E-state index is 0.0111. The van der Waals surface area contributed by atoms with Crippen molar-refractivity contribution < 1.29 is 69.4 Å². The van der Waals surface area contributed by atoms with Gasteiger partial charge in [0.2, 0.25) is 11.8 Å². The van der Waals surface area contributed by atoms with Crippen LogP contribution in [0.2, 0.25) is 0 Å². The molecule has 2 aliphatic heterocycles. The number of carbonyl (C=O) groups is 2. The van der Waals surface area contributed by atoms with Crippen LogP contribution in [0.15, 0.2) is 0 Å². The summed E-state index contributed by atoms with van der Waals surface area (Å²) in [6, 6.07) is -3.60. The van der Waals surface area contributed by atoms with Gasteiger partial charge in [-0.05, 0) is 19.4 Å². The third-order valence-corrected chi connectivity index (χ3v) is 7.83. The van der Waals surface area contributed by atoms with Gasteiger partial charge in [-0.1, -0.05) is 0 Å². The van der Waals surface area contributed by atoms with E-state index >= 15 is 0 Å². The fourth-order valence-corrected chi connectivity index (χ4v) is 5.44. The number of ether oxygens (including phenoxy) is 4. The molecular formula is C24H45N5O14. The number of aliphatic hydroxyl groups excluding tert-OH is 8. The number of amides is 2. The van der Waals surface area contributed by atoms with Gasteiger partial charge >= 0.3 is 0 Å². The Morgan fingerprint density at radius 3 is 2.05 bits per heavy atom. The Labute approximate surface area is 246 Å². The van der Waals surface area contributed by atoms with Crippen LogP contribution in [0.3, 0.4) is 0 Å². The smallest absolute Gasteiger partial charge is 0.249 e. The molecule has 0 bridgehead atoms. The molecule has 3 aliphatic rings. The van der Waals surface area contributed by atoms with E-state index in [2.05, 4.69) is 10.6 Å². The number of rotatable bonds is 11. The molecule has 0 unspecified atom stereocenters. The summed E-state index contributed by atoms with van der Waals surface area (Å²) in [5, 5.41) is 88.4. The first-order valence-electron chi connectivity index (χ1n) is 14.0. The number of nitrogens with one attached hydrogen (secondary N) is 2. The second-order valence-electron chi connectivity index (χ2n) is 11.0. The van der Waals surface area contributed by atoms with Gasteiger partial charge in [-0.15, -0.1) is 0 Å².